The summed E-state index contributed by atoms with van der Waals surface area (Å²) in [6.45, 7) is 0.373. The van der Waals surface area contributed by atoms with Gasteiger partial charge in [0.25, 0.3) is 5.91 Å². The van der Waals surface area contributed by atoms with E-state index in [4.69, 9.17) is 4.74 Å². The molecule has 1 atom stereocenters. The number of carbonyl (C=O) groups excluding carboxylic acids is 2. The largest absolute Gasteiger partial charge is 0.497 e. The van der Waals surface area contributed by atoms with Crippen molar-refractivity contribution in [1.82, 2.24) is 4.90 Å². The van der Waals surface area contributed by atoms with E-state index in [1.165, 1.54) is 22.3 Å². The molecule has 1 fully saturated rings. The number of amides is 2. The highest BCUT2D eigenvalue weighted by atomic mass is 32.2. The van der Waals surface area contributed by atoms with Crippen LogP contribution in [0, 0.1) is 0 Å². The van der Waals surface area contributed by atoms with E-state index in [2.05, 4.69) is 5.32 Å². The smallest absolute Gasteiger partial charge is 0.255 e. The minimum atomic E-state index is -3.35. The number of thioether (sulfide) groups is 1. The van der Waals surface area contributed by atoms with Crippen LogP contribution < -0.4 is 14.4 Å². The van der Waals surface area contributed by atoms with Gasteiger partial charge in [0.15, 0.2) is 0 Å². The monoisotopic (exact) mass is 461 g/mol. The molecule has 0 saturated carbocycles. The Morgan fingerprint density at radius 1 is 1.16 bits per heavy atom. The van der Waals surface area contributed by atoms with E-state index >= 15 is 0 Å². The van der Waals surface area contributed by atoms with E-state index in [0.29, 0.717) is 47.3 Å². The van der Waals surface area contributed by atoms with Crippen molar-refractivity contribution in [2.45, 2.75) is 12.5 Å². The number of methoxy groups -OCH3 is 1. The molecule has 0 aromatic heterocycles. The van der Waals surface area contributed by atoms with Crippen molar-refractivity contribution < 1.29 is 22.7 Å². The Hall–Kier alpha value is -2.72. The van der Waals surface area contributed by atoms with Crippen molar-refractivity contribution in [2.24, 2.45) is 0 Å². The fourth-order valence-electron chi connectivity index (χ4n) is 3.77. The van der Waals surface area contributed by atoms with Crippen molar-refractivity contribution in [3.8, 4) is 5.75 Å². The molecule has 2 aliphatic rings. The zero-order chi connectivity index (χ0) is 22.2. The molecule has 4 rings (SSSR count). The highest BCUT2D eigenvalue weighted by molar-refractivity contribution is 7.99. The molecule has 1 N–H and O–H groups in total. The number of ether oxygens (including phenoxy) is 1. The summed E-state index contributed by atoms with van der Waals surface area (Å²) in [4.78, 5) is 27.6. The van der Waals surface area contributed by atoms with Crippen LogP contribution >= 0.6 is 11.8 Å². The molecule has 31 heavy (non-hydrogen) atoms. The van der Waals surface area contributed by atoms with Crippen LogP contribution in [0.5, 0.6) is 5.75 Å². The fourth-order valence-corrected chi connectivity index (χ4v) is 5.89. The Labute approximate surface area is 185 Å². The molecule has 1 unspecified atom stereocenters. The van der Waals surface area contributed by atoms with Crippen LogP contribution in [0.25, 0.3) is 0 Å². The molecule has 2 heterocycles. The molecule has 164 valence electrons. The number of hydrogen-bond acceptors (Lipinski definition) is 6. The van der Waals surface area contributed by atoms with Crippen LogP contribution in [0.1, 0.15) is 15.9 Å². The van der Waals surface area contributed by atoms with Gasteiger partial charge in [0, 0.05) is 23.5 Å². The number of hydrogen-bond donors (Lipinski definition) is 1. The lowest BCUT2D eigenvalue weighted by molar-refractivity contribution is -0.119. The molecule has 0 bridgehead atoms. The zero-order valence-corrected chi connectivity index (χ0v) is 18.8. The third kappa shape index (κ3) is 4.35. The maximum absolute atomic E-state index is 13.2. The van der Waals surface area contributed by atoms with Gasteiger partial charge in [-0.15, -0.1) is 11.8 Å². The van der Waals surface area contributed by atoms with E-state index in [9.17, 15) is 18.0 Å². The summed E-state index contributed by atoms with van der Waals surface area (Å²) in [7, 11) is -1.77. The minimum Gasteiger partial charge on any atom is -0.497 e. The van der Waals surface area contributed by atoms with E-state index in [1.807, 2.05) is 0 Å². The summed E-state index contributed by atoms with van der Waals surface area (Å²) >= 11 is 1.52. The summed E-state index contributed by atoms with van der Waals surface area (Å²) in [5.74, 6) is 1.15. The number of nitrogens with zero attached hydrogens (tertiary/aromatic N) is 2. The Kier molecular flexibility index (Phi) is 5.85. The first-order chi connectivity index (χ1) is 14.8. The lowest BCUT2D eigenvalue weighted by Crippen LogP contribution is -2.44. The predicted molar refractivity (Wildman–Crippen MR) is 121 cm³/mol. The van der Waals surface area contributed by atoms with Crippen LogP contribution in [0.15, 0.2) is 42.5 Å². The van der Waals surface area contributed by atoms with E-state index in [0.717, 1.165) is 5.56 Å². The molecule has 10 heteroatoms. The predicted octanol–water partition coefficient (Wildman–Crippen LogP) is 2.17. The Morgan fingerprint density at radius 2 is 1.90 bits per heavy atom. The first-order valence-electron chi connectivity index (χ1n) is 9.72. The second-order valence-corrected chi connectivity index (χ2v) is 10.3. The molecule has 2 aromatic carbocycles. The average molecular weight is 462 g/mol. The van der Waals surface area contributed by atoms with Crippen LogP contribution in [0.3, 0.4) is 0 Å². The van der Waals surface area contributed by atoms with Gasteiger partial charge in [-0.25, -0.2) is 8.42 Å². The van der Waals surface area contributed by atoms with Crippen molar-refractivity contribution in [3.05, 3.63) is 53.6 Å². The minimum absolute atomic E-state index is 0.236. The Bertz CT molecular complexity index is 1120. The molecule has 0 aliphatic carbocycles. The van der Waals surface area contributed by atoms with Gasteiger partial charge in [0.2, 0.25) is 15.9 Å². The van der Waals surface area contributed by atoms with Crippen molar-refractivity contribution in [1.29, 1.82) is 0 Å². The zero-order valence-electron chi connectivity index (χ0n) is 17.2. The van der Waals surface area contributed by atoms with Crippen LogP contribution in [-0.2, 0) is 21.2 Å². The first kappa shape index (κ1) is 21.5. The van der Waals surface area contributed by atoms with E-state index < -0.39 is 16.1 Å². The average Bonchev–Trinajstić information content (AvgIpc) is 3.40. The number of sulfonamides is 1. The number of carbonyl (C=O) groups is 2. The lowest BCUT2D eigenvalue weighted by Gasteiger charge is -2.23. The molecular weight excluding hydrogens is 438 g/mol. The summed E-state index contributed by atoms with van der Waals surface area (Å²) in [5.41, 5.74) is 2.53. The van der Waals surface area contributed by atoms with Gasteiger partial charge in [-0.3, -0.25) is 13.9 Å². The molecule has 1 saturated heterocycles. The fraction of sp³-hybridized carbons (Fsp3) is 0.333. The number of fused-ring (bicyclic) bond motifs is 1. The van der Waals surface area contributed by atoms with Crippen LogP contribution in [0.4, 0.5) is 11.4 Å². The second-order valence-electron chi connectivity index (χ2n) is 7.44. The number of benzene rings is 2. The molecular formula is C21H23N3O5S2. The number of nitrogens with one attached hydrogen (secondary N) is 1. The number of anilines is 2. The van der Waals surface area contributed by atoms with Crippen LogP contribution in [0.2, 0.25) is 0 Å². The quantitative estimate of drug-likeness (QED) is 0.733. The van der Waals surface area contributed by atoms with Gasteiger partial charge in [0.1, 0.15) is 11.8 Å². The molecule has 2 amide bonds. The van der Waals surface area contributed by atoms with Crippen molar-refractivity contribution in [3.63, 3.8) is 0 Å². The molecule has 8 nitrogen and oxygen atoms in total. The SMILES string of the molecule is COc1ccc(NC(=O)C2CSCN2C(=O)c2ccc3c(c2)CCN3S(C)(=O)=O)cc1. The maximum Gasteiger partial charge on any atom is 0.255 e. The van der Waals surface area contributed by atoms with Gasteiger partial charge >= 0.3 is 0 Å². The Morgan fingerprint density at radius 3 is 2.58 bits per heavy atom. The second kappa shape index (κ2) is 8.43. The molecule has 0 radical (unpaired) electrons. The van der Waals surface area contributed by atoms with Crippen molar-refractivity contribution >= 4 is 45.0 Å². The van der Waals surface area contributed by atoms with Crippen molar-refractivity contribution in [2.75, 3.05) is 41.2 Å². The third-order valence-electron chi connectivity index (χ3n) is 5.38. The summed E-state index contributed by atoms with van der Waals surface area (Å²) in [5, 5.41) is 2.86. The highest BCUT2D eigenvalue weighted by Gasteiger charge is 2.36. The topological polar surface area (TPSA) is 96.0 Å². The molecule has 2 aliphatic heterocycles. The van der Waals surface area contributed by atoms with E-state index in [-0.39, 0.29) is 11.8 Å². The first-order valence-corrected chi connectivity index (χ1v) is 12.7. The lowest BCUT2D eigenvalue weighted by atomic mass is 10.1. The van der Waals surface area contributed by atoms with Gasteiger partial charge in [0.05, 0.1) is 24.9 Å². The number of rotatable bonds is 5. The normalized spacial score (nSPS) is 18.1. The Balaban J connectivity index is 1.49. The standard InChI is InChI=1S/C21H23N3O5S2/c1-29-17-6-4-16(5-7-17)22-20(25)19-12-30-13-23(19)21(26)15-3-8-18-14(11-15)9-10-24(18)31(2,27)28/h3-8,11,19H,9-10,12-13H2,1-2H3,(H,22,25). The third-order valence-corrected chi connectivity index (χ3v) is 7.58. The molecule has 0 spiro atoms. The van der Waals surface area contributed by atoms with Gasteiger partial charge < -0.3 is 15.0 Å². The maximum atomic E-state index is 13.2. The molecule has 2 aromatic rings. The summed E-state index contributed by atoms with van der Waals surface area (Å²) in [6.07, 6.45) is 1.73. The highest BCUT2D eigenvalue weighted by Crippen LogP contribution is 2.32. The van der Waals surface area contributed by atoms with E-state index in [1.54, 1.807) is 54.5 Å². The summed E-state index contributed by atoms with van der Waals surface area (Å²) in [6, 6.07) is 11.5. The van der Waals surface area contributed by atoms with Gasteiger partial charge in [-0.1, -0.05) is 0 Å². The van der Waals surface area contributed by atoms with Gasteiger partial charge in [-0.2, -0.15) is 0 Å². The summed E-state index contributed by atoms with van der Waals surface area (Å²) < 4.78 is 30.3. The van der Waals surface area contributed by atoms with Crippen LogP contribution in [-0.4, -0.2) is 62.7 Å². The van der Waals surface area contributed by atoms with Gasteiger partial charge in [-0.05, 0) is 54.4 Å².